The molecule has 1 amide bonds. The number of nitrogens with zero attached hydrogens (tertiary/aromatic N) is 2. The summed E-state index contributed by atoms with van der Waals surface area (Å²) >= 11 is 0. The summed E-state index contributed by atoms with van der Waals surface area (Å²) in [6, 6.07) is 16.5. The molecule has 0 bridgehead atoms. The zero-order chi connectivity index (χ0) is 18.2. The fourth-order valence-corrected chi connectivity index (χ4v) is 2.94. The topological polar surface area (TPSA) is 23.6 Å². The van der Waals surface area contributed by atoms with Gasteiger partial charge in [-0.1, -0.05) is 54.6 Å². The van der Waals surface area contributed by atoms with Crippen LogP contribution in [0.1, 0.15) is 11.1 Å². The van der Waals surface area contributed by atoms with Gasteiger partial charge in [-0.15, -0.1) is 0 Å². The van der Waals surface area contributed by atoms with E-state index in [2.05, 4.69) is 29.2 Å². The molecule has 1 aliphatic rings. The highest BCUT2D eigenvalue weighted by Crippen LogP contribution is 2.08. The molecule has 1 fully saturated rings. The quantitative estimate of drug-likeness (QED) is 0.768. The van der Waals surface area contributed by atoms with Crippen molar-refractivity contribution in [2.24, 2.45) is 0 Å². The van der Waals surface area contributed by atoms with Gasteiger partial charge in [0.25, 0.3) is 0 Å². The Hall–Kier alpha value is -2.72. The fraction of sp³-hybridized carbons (Fsp3) is 0.227. The number of carbonyl (C=O) groups is 1. The lowest BCUT2D eigenvalue weighted by molar-refractivity contribution is -0.127. The van der Waals surface area contributed by atoms with Crippen molar-refractivity contribution in [1.29, 1.82) is 0 Å². The molecule has 1 heterocycles. The Labute approximate surface area is 154 Å². The summed E-state index contributed by atoms with van der Waals surface area (Å²) in [5.41, 5.74) is 1.90. The average Bonchev–Trinajstić information content (AvgIpc) is 2.68. The van der Waals surface area contributed by atoms with Crippen molar-refractivity contribution in [2.45, 2.75) is 0 Å². The number of halogens is 1. The molecular formula is C22H23FN2O. The van der Waals surface area contributed by atoms with Crippen molar-refractivity contribution in [3.8, 4) is 0 Å². The maximum Gasteiger partial charge on any atom is 0.246 e. The molecule has 0 aromatic heterocycles. The summed E-state index contributed by atoms with van der Waals surface area (Å²) in [4.78, 5) is 16.4. The minimum absolute atomic E-state index is 0.0197. The second kappa shape index (κ2) is 9.11. The molecular weight excluding hydrogens is 327 g/mol. The van der Waals surface area contributed by atoms with Crippen molar-refractivity contribution >= 4 is 18.1 Å². The van der Waals surface area contributed by atoms with E-state index in [0.29, 0.717) is 18.7 Å². The Kier molecular flexibility index (Phi) is 6.34. The molecule has 2 aromatic rings. The van der Waals surface area contributed by atoms with E-state index in [1.165, 1.54) is 23.8 Å². The number of carbonyl (C=O) groups excluding carboxylic acids is 1. The molecule has 3 nitrogen and oxygen atoms in total. The monoisotopic (exact) mass is 350 g/mol. The van der Waals surface area contributed by atoms with E-state index in [0.717, 1.165) is 19.6 Å². The average molecular weight is 350 g/mol. The molecule has 0 unspecified atom stereocenters. The molecule has 4 heteroatoms. The largest absolute Gasteiger partial charge is 0.337 e. The number of hydrogen-bond acceptors (Lipinski definition) is 2. The first-order chi connectivity index (χ1) is 12.7. The van der Waals surface area contributed by atoms with Crippen molar-refractivity contribution < 1.29 is 9.18 Å². The number of hydrogen-bond donors (Lipinski definition) is 0. The van der Waals surface area contributed by atoms with E-state index < -0.39 is 0 Å². The smallest absolute Gasteiger partial charge is 0.246 e. The third-order valence-corrected chi connectivity index (χ3v) is 4.42. The first-order valence-corrected chi connectivity index (χ1v) is 8.87. The maximum atomic E-state index is 13.2. The van der Waals surface area contributed by atoms with Crippen LogP contribution < -0.4 is 0 Å². The minimum atomic E-state index is -0.295. The van der Waals surface area contributed by atoms with E-state index in [-0.39, 0.29) is 11.7 Å². The molecule has 0 N–H and O–H groups in total. The van der Waals surface area contributed by atoms with Gasteiger partial charge in [-0.05, 0) is 29.3 Å². The zero-order valence-electron chi connectivity index (χ0n) is 14.7. The zero-order valence-corrected chi connectivity index (χ0v) is 14.7. The van der Waals surface area contributed by atoms with Crippen LogP contribution in [0.4, 0.5) is 4.39 Å². The Bertz CT molecular complexity index is 778. The lowest BCUT2D eigenvalue weighted by Crippen LogP contribution is -2.48. The molecule has 26 heavy (non-hydrogen) atoms. The predicted molar refractivity (Wildman–Crippen MR) is 104 cm³/mol. The van der Waals surface area contributed by atoms with E-state index in [4.69, 9.17) is 0 Å². The van der Waals surface area contributed by atoms with Crippen molar-refractivity contribution in [2.75, 3.05) is 32.7 Å². The number of rotatable bonds is 5. The van der Waals surface area contributed by atoms with Gasteiger partial charge >= 0.3 is 0 Å². The van der Waals surface area contributed by atoms with Crippen LogP contribution in [0.5, 0.6) is 0 Å². The summed E-state index contributed by atoms with van der Waals surface area (Å²) in [7, 11) is 0. The highest BCUT2D eigenvalue weighted by molar-refractivity contribution is 5.91. The first-order valence-electron chi connectivity index (χ1n) is 8.87. The number of piperazine rings is 1. The van der Waals surface area contributed by atoms with Crippen LogP contribution in [0, 0.1) is 5.82 Å². The number of amides is 1. The van der Waals surface area contributed by atoms with Crippen LogP contribution in [0.25, 0.3) is 12.2 Å². The predicted octanol–water partition coefficient (Wildman–Crippen LogP) is 3.70. The Morgan fingerprint density at radius 2 is 1.65 bits per heavy atom. The first kappa shape index (κ1) is 18.1. The van der Waals surface area contributed by atoms with Crippen LogP contribution in [-0.4, -0.2) is 48.4 Å². The highest BCUT2D eigenvalue weighted by atomic mass is 19.1. The van der Waals surface area contributed by atoms with Gasteiger partial charge in [0.2, 0.25) is 5.91 Å². The van der Waals surface area contributed by atoms with Gasteiger partial charge in [0.15, 0.2) is 0 Å². The molecule has 0 spiro atoms. The third kappa shape index (κ3) is 5.39. The van der Waals surface area contributed by atoms with Crippen molar-refractivity contribution in [3.63, 3.8) is 0 Å². The van der Waals surface area contributed by atoms with Crippen LogP contribution in [0.2, 0.25) is 0 Å². The summed E-state index contributed by atoms with van der Waals surface area (Å²) in [5.74, 6) is -0.314. The summed E-state index contributed by atoms with van der Waals surface area (Å²) in [5, 5.41) is 0. The maximum absolute atomic E-state index is 13.2. The lowest BCUT2D eigenvalue weighted by Gasteiger charge is -2.33. The molecule has 0 atom stereocenters. The Morgan fingerprint density at radius 1 is 0.923 bits per heavy atom. The van der Waals surface area contributed by atoms with Gasteiger partial charge in [0, 0.05) is 38.8 Å². The molecule has 0 aliphatic carbocycles. The molecule has 1 saturated heterocycles. The molecule has 1 aliphatic heterocycles. The fourth-order valence-electron chi connectivity index (χ4n) is 2.94. The van der Waals surface area contributed by atoms with E-state index >= 15 is 0 Å². The van der Waals surface area contributed by atoms with Crippen LogP contribution >= 0.6 is 0 Å². The summed E-state index contributed by atoms with van der Waals surface area (Å²) < 4.78 is 13.2. The summed E-state index contributed by atoms with van der Waals surface area (Å²) in [6.45, 7) is 4.03. The molecule has 0 radical (unpaired) electrons. The lowest BCUT2D eigenvalue weighted by atomic mass is 10.2. The van der Waals surface area contributed by atoms with Crippen molar-refractivity contribution in [3.05, 3.63) is 83.7 Å². The highest BCUT2D eigenvalue weighted by Gasteiger charge is 2.18. The minimum Gasteiger partial charge on any atom is -0.337 e. The SMILES string of the molecule is O=C(/C=C/c1cccc(F)c1)N1CCN(C/C=C/c2ccccc2)CC1. The Balaban J connectivity index is 1.44. The summed E-state index contributed by atoms with van der Waals surface area (Å²) in [6.07, 6.45) is 7.48. The second-order valence-corrected chi connectivity index (χ2v) is 6.33. The normalized spacial score (nSPS) is 15.8. The van der Waals surface area contributed by atoms with Gasteiger partial charge in [-0.25, -0.2) is 4.39 Å². The standard InChI is InChI=1S/C22H23FN2O/c23-21-10-4-8-20(18-21)11-12-22(26)25-16-14-24(15-17-25)13-5-9-19-6-2-1-3-7-19/h1-12,18H,13-17H2/b9-5+,12-11+. The van der Waals surface area contributed by atoms with E-state index in [1.54, 1.807) is 18.2 Å². The van der Waals surface area contributed by atoms with Gasteiger partial charge < -0.3 is 4.90 Å². The van der Waals surface area contributed by atoms with E-state index in [1.807, 2.05) is 23.1 Å². The number of benzene rings is 2. The molecule has 0 saturated carbocycles. The molecule has 134 valence electrons. The van der Waals surface area contributed by atoms with Gasteiger partial charge in [-0.2, -0.15) is 0 Å². The van der Waals surface area contributed by atoms with Crippen molar-refractivity contribution in [1.82, 2.24) is 9.80 Å². The van der Waals surface area contributed by atoms with Gasteiger partial charge in [-0.3, -0.25) is 9.69 Å². The molecule has 3 rings (SSSR count). The van der Waals surface area contributed by atoms with E-state index in [9.17, 15) is 9.18 Å². The third-order valence-electron chi connectivity index (χ3n) is 4.42. The Morgan fingerprint density at radius 3 is 2.38 bits per heavy atom. The van der Waals surface area contributed by atoms with Crippen LogP contribution in [-0.2, 0) is 4.79 Å². The van der Waals surface area contributed by atoms with Crippen LogP contribution in [0.15, 0.2) is 66.7 Å². The van der Waals surface area contributed by atoms with Gasteiger partial charge in [0.05, 0.1) is 0 Å². The van der Waals surface area contributed by atoms with Gasteiger partial charge in [0.1, 0.15) is 5.82 Å². The second-order valence-electron chi connectivity index (χ2n) is 6.33. The van der Waals surface area contributed by atoms with Crippen LogP contribution in [0.3, 0.4) is 0 Å². The molecule has 2 aromatic carbocycles.